The molecule has 0 aliphatic heterocycles. The average Bonchev–Trinajstić information content (AvgIpc) is 2.67. The fourth-order valence-corrected chi connectivity index (χ4v) is 3.20. The van der Waals surface area contributed by atoms with E-state index in [0.29, 0.717) is 18.5 Å². The van der Waals surface area contributed by atoms with E-state index in [0.717, 1.165) is 16.5 Å². The normalized spacial score (nSPS) is 12.3. The number of benzene rings is 2. The maximum atomic E-state index is 12.3. The number of H-pyrrole nitrogens is 1. The third kappa shape index (κ3) is 4.83. The lowest BCUT2D eigenvalue weighted by Gasteiger charge is -2.25. The second kappa shape index (κ2) is 8.64. The summed E-state index contributed by atoms with van der Waals surface area (Å²) >= 11 is 0. The number of carbonyl (C=O) groups excluding carboxylic acids is 1. The molecule has 5 heteroatoms. The van der Waals surface area contributed by atoms with Crippen molar-refractivity contribution in [2.24, 2.45) is 0 Å². The highest BCUT2D eigenvalue weighted by atomic mass is 16.1. The second-order valence-corrected chi connectivity index (χ2v) is 6.91. The Morgan fingerprint density at radius 1 is 1.07 bits per heavy atom. The zero-order chi connectivity index (χ0) is 19.2. The molecule has 0 spiro atoms. The Labute approximate surface area is 159 Å². The van der Waals surface area contributed by atoms with Crippen LogP contribution in [-0.4, -0.2) is 36.4 Å². The number of pyridine rings is 1. The number of aromatic nitrogens is 1. The number of hydrogen-bond acceptors (Lipinski definition) is 3. The molecule has 0 radical (unpaired) electrons. The maximum Gasteiger partial charge on any atom is 0.251 e. The van der Waals surface area contributed by atoms with Gasteiger partial charge in [0.2, 0.25) is 5.91 Å². The van der Waals surface area contributed by atoms with Crippen LogP contribution in [0.3, 0.4) is 0 Å². The van der Waals surface area contributed by atoms with Gasteiger partial charge in [-0.2, -0.15) is 0 Å². The number of aromatic amines is 1. The maximum absolute atomic E-state index is 12.3. The number of likely N-dealkylation sites (N-methyl/N-ethyl adjacent to an activating group) is 1. The van der Waals surface area contributed by atoms with Crippen molar-refractivity contribution in [2.75, 3.05) is 20.6 Å². The van der Waals surface area contributed by atoms with E-state index in [2.05, 4.69) is 27.3 Å². The number of amides is 1. The van der Waals surface area contributed by atoms with Crippen LogP contribution < -0.4 is 10.9 Å². The van der Waals surface area contributed by atoms with E-state index < -0.39 is 0 Å². The molecule has 1 amide bonds. The van der Waals surface area contributed by atoms with Crippen molar-refractivity contribution in [1.82, 2.24) is 15.2 Å². The molecule has 0 aliphatic rings. The van der Waals surface area contributed by atoms with Crippen molar-refractivity contribution < 1.29 is 4.79 Å². The van der Waals surface area contributed by atoms with Crippen molar-refractivity contribution >= 4 is 16.8 Å². The van der Waals surface area contributed by atoms with Crippen LogP contribution in [0.4, 0.5) is 0 Å². The molecular formula is C22H25N3O2. The molecule has 0 aliphatic carbocycles. The number of fused-ring (bicyclic) bond motifs is 1. The van der Waals surface area contributed by atoms with E-state index in [1.165, 1.54) is 0 Å². The SMILES string of the molecule is CN(C)C(CNC(=O)CCc1cc2ccccc2[nH]c1=O)c1ccccc1. The number of para-hydroxylation sites is 1. The van der Waals surface area contributed by atoms with Crippen molar-refractivity contribution in [3.05, 3.63) is 82.1 Å². The number of carbonyl (C=O) groups is 1. The summed E-state index contributed by atoms with van der Waals surface area (Å²) in [5.41, 5.74) is 2.48. The lowest BCUT2D eigenvalue weighted by molar-refractivity contribution is -0.121. The highest BCUT2D eigenvalue weighted by molar-refractivity contribution is 5.79. The van der Waals surface area contributed by atoms with Gasteiger partial charge in [-0.3, -0.25) is 9.59 Å². The topological polar surface area (TPSA) is 65.2 Å². The third-order valence-corrected chi connectivity index (χ3v) is 4.75. The summed E-state index contributed by atoms with van der Waals surface area (Å²) in [7, 11) is 4.00. The molecule has 0 saturated heterocycles. The molecule has 0 fully saturated rings. The van der Waals surface area contributed by atoms with E-state index in [9.17, 15) is 9.59 Å². The summed E-state index contributed by atoms with van der Waals surface area (Å²) in [4.78, 5) is 29.5. The second-order valence-electron chi connectivity index (χ2n) is 6.91. The summed E-state index contributed by atoms with van der Waals surface area (Å²) < 4.78 is 0. The summed E-state index contributed by atoms with van der Waals surface area (Å²) in [6.45, 7) is 0.532. The van der Waals surface area contributed by atoms with Crippen molar-refractivity contribution in [3.8, 4) is 0 Å². The minimum Gasteiger partial charge on any atom is -0.354 e. The molecule has 0 bridgehead atoms. The molecule has 1 atom stereocenters. The van der Waals surface area contributed by atoms with Gasteiger partial charge < -0.3 is 15.2 Å². The standard InChI is InChI=1S/C22H25N3O2/c1-25(2)20(16-8-4-3-5-9-16)15-23-21(26)13-12-18-14-17-10-6-7-11-19(17)24-22(18)27/h3-11,14,20H,12-13,15H2,1-2H3,(H,23,26)(H,24,27). The number of nitrogens with zero attached hydrogens (tertiary/aromatic N) is 1. The van der Waals surface area contributed by atoms with Gasteiger partial charge in [-0.05, 0) is 43.6 Å². The fourth-order valence-electron chi connectivity index (χ4n) is 3.20. The minimum atomic E-state index is -0.128. The first-order valence-electron chi connectivity index (χ1n) is 9.13. The molecule has 140 valence electrons. The molecule has 1 unspecified atom stereocenters. The highest BCUT2D eigenvalue weighted by Crippen LogP contribution is 2.17. The summed E-state index contributed by atoms with van der Waals surface area (Å²) in [5.74, 6) is -0.0506. The van der Waals surface area contributed by atoms with Crippen LogP contribution in [-0.2, 0) is 11.2 Å². The molecule has 3 rings (SSSR count). The Kier molecular flexibility index (Phi) is 6.04. The Hall–Kier alpha value is -2.92. The van der Waals surface area contributed by atoms with E-state index in [1.807, 2.05) is 62.6 Å². The van der Waals surface area contributed by atoms with Gasteiger partial charge in [0, 0.05) is 24.0 Å². The van der Waals surface area contributed by atoms with E-state index in [1.54, 1.807) is 0 Å². The van der Waals surface area contributed by atoms with Gasteiger partial charge >= 0.3 is 0 Å². The fraction of sp³-hybridized carbons (Fsp3) is 0.273. The minimum absolute atomic E-state index is 0.0506. The molecule has 5 nitrogen and oxygen atoms in total. The lowest BCUT2D eigenvalue weighted by atomic mass is 10.1. The molecule has 3 aromatic rings. The third-order valence-electron chi connectivity index (χ3n) is 4.75. The van der Waals surface area contributed by atoms with E-state index in [-0.39, 0.29) is 23.9 Å². The van der Waals surface area contributed by atoms with Crippen LogP contribution in [0.2, 0.25) is 0 Å². The van der Waals surface area contributed by atoms with Gasteiger partial charge in [0.05, 0.1) is 6.04 Å². The zero-order valence-electron chi connectivity index (χ0n) is 15.7. The first-order chi connectivity index (χ1) is 13.0. The Bertz CT molecular complexity index is 964. The Morgan fingerprint density at radius 2 is 1.78 bits per heavy atom. The van der Waals surface area contributed by atoms with E-state index in [4.69, 9.17) is 0 Å². The zero-order valence-corrected chi connectivity index (χ0v) is 15.7. The number of nitrogens with one attached hydrogen (secondary N) is 2. The lowest BCUT2D eigenvalue weighted by Crippen LogP contribution is -2.34. The van der Waals surface area contributed by atoms with Gasteiger partial charge in [-0.1, -0.05) is 48.5 Å². The summed E-state index contributed by atoms with van der Waals surface area (Å²) in [6.07, 6.45) is 0.709. The molecule has 0 saturated carbocycles. The Balaban J connectivity index is 1.59. The Morgan fingerprint density at radius 3 is 2.52 bits per heavy atom. The monoisotopic (exact) mass is 363 g/mol. The summed E-state index contributed by atoms with van der Waals surface area (Å²) in [6, 6.07) is 19.7. The first kappa shape index (κ1) is 18.9. The summed E-state index contributed by atoms with van der Waals surface area (Å²) in [5, 5.41) is 3.97. The van der Waals surface area contributed by atoms with Crippen LogP contribution in [0.15, 0.2) is 65.5 Å². The predicted octanol–water partition coefficient (Wildman–Crippen LogP) is 2.88. The van der Waals surface area contributed by atoms with Crippen molar-refractivity contribution in [1.29, 1.82) is 0 Å². The molecule has 2 N–H and O–H groups in total. The van der Waals surface area contributed by atoms with Crippen LogP contribution >= 0.6 is 0 Å². The smallest absolute Gasteiger partial charge is 0.251 e. The van der Waals surface area contributed by atoms with Crippen LogP contribution in [0, 0.1) is 0 Å². The van der Waals surface area contributed by atoms with Gasteiger partial charge in [0.15, 0.2) is 0 Å². The van der Waals surface area contributed by atoms with Gasteiger partial charge in [-0.25, -0.2) is 0 Å². The first-order valence-corrected chi connectivity index (χ1v) is 9.13. The quantitative estimate of drug-likeness (QED) is 0.678. The van der Waals surface area contributed by atoms with Crippen LogP contribution in [0.25, 0.3) is 10.9 Å². The number of rotatable bonds is 7. The van der Waals surface area contributed by atoms with Gasteiger partial charge in [0.1, 0.15) is 0 Å². The van der Waals surface area contributed by atoms with Gasteiger partial charge in [-0.15, -0.1) is 0 Å². The van der Waals surface area contributed by atoms with E-state index >= 15 is 0 Å². The van der Waals surface area contributed by atoms with Crippen molar-refractivity contribution in [2.45, 2.75) is 18.9 Å². The molecule has 2 aromatic carbocycles. The molecular weight excluding hydrogens is 338 g/mol. The van der Waals surface area contributed by atoms with Crippen LogP contribution in [0.5, 0.6) is 0 Å². The van der Waals surface area contributed by atoms with Gasteiger partial charge in [0.25, 0.3) is 5.56 Å². The molecule has 1 heterocycles. The highest BCUT2D eigenvalue weighted by Gasteiger charge is 2.15. The molecule has 27 heavy (non-hydrogen) atoms. The number of aryl methyl sites for hydroxylation is 1. The van der Waals surface area contributed by atoms with Crippen molar-refractivity contribution in [3.63, 3.8) is 0 Å². The molecule has 1 aromatic heterocycles. The van der Waals surface area contributed by atoms with Crippen LogP contribution in [0.1, 0.15) is 23.6 Å². The largest absolute Gasteiger partial charge is 0.354 e. The predicted molar refractivity (Wildman–Crippen MR) is 109 cm³/mol. The number of hydrogen-bond donors (Lipinski definition) is 2. The average molecular weight is 363 g/mol.